The lowest BCUT2D eigenvalue weighted by Gasteiger charge is -2.06. The fourth-order valence-electron chi connectivity index (χ4n) is 1.02. The monoisotopic (exact) mass is 319 g/mol. The zero-order chi connectivity index (χ0) is 11.1. The largest absolute Gasteiger partial charge is 0.484 e. The second-order valence-corrected chi connectivity index (χ2v) is 4.34. The summed E-state index contributed by atoms with van der Waals surface area (Å²) in [6.45, 7) is 2.80. The number of hydrogen-bond acceptors (Lipinski definition) is 2. The third-order valence-corrected chi connectivity index (χ3v) is 2.41. The van der Waals surface area contributed by atoms with Crippen molar-refractivity contribution in [3.63, 3.8) is 0 Å². The van der Waals surface area contributed by atoms with E-state index in [0.29, 0.717) is 6.54 Å². The van der Waals surface area contributed by atoms with Crippen molar-refractivity contribution in [1.29, 1.82) is 0 Å². The van der Waals surface area contributed by atoms with Gasteiger partial charge in [-0.25, -0.2) is 0 Å². The van der Waals surface area contributed by atoms with Crippen LogP contribution in [0.2, 0.25) is 0 Å². The first-order valence-corrected chi connectivity index (χ1v) is 5.95. The second kappa shape index (κ2) is 6.66. The fraction of sp³-hybridized carbons (Fsp3) is 0.364. The summed E-state index contributed by atoms with van der Waals surface area (Å²) in [5.41, 5.74) is 0. The maximum absolute atomic E-state index is 11.2. The highest BCUT2D eigenvalue weighted by atomic mass is 127. The molecule has 0 unspecified atom stereocenters. The van der Waals surface area contributed by atoms with Crippen LogP contribution in [-0.2, 0) is 4.79 Å². The highest BCUT2D eigenvalue weighted by Gasteiger charge is 2.01. The molecule has 0 heterocycles. The number of nitrogens with one attached hydrogen (secondary N) is 1. The van der Waals surface area contributed by atoms with Crippen LogP contribution in [0.1, 0.15) is 13.3 Å². The molecule has 0 atom stereocenters. The Kier molecular flexibility index (Phi) is 5.45. The first kappa shape index (κ1) is 12.3. The van der Waals surface area contributed by atoms with Crippen molar-refractivity contribution in [3.8, 4) is 5.75 Å². The van der Waals surface area contributed by atoms with Gasteiger partial charge in [0.25, 0.3) is 5.91 Å². The van der Waals surface area contributed by atoms with Gasteiger partial charge in [-0.3, -0.25) is 4.79 Å². The highest BCUT2D eigenvalue weighted by molar-refractivity contribution is 14.1. The smallest absolute Gasteiger partial charge is 0.257 e. The van der Waals surface area contributed by atoms with Gasteiger partial charge in [0.15, 0.2) is 6.61 Å². The Morgan fingerprint density at radius 1 is 1.53 bits per heavy atom. The van der Waals surface area contributed by atoms with Gasteiger partial charge in [-0.05, 0) is 47.2 Å². The molecule has 0 aliphatic heterocycles. The van der Waals surface area contributed by atoms with Gasteiger partial charge in [-0.15, -0.1) is 0 Å². The van der Waals surface area contributed by atoms with Gasteiger partial charge in [0.1, 0.15) is 5.75 Å². The number of carbonyl (C=O) groups is 1. The zero-order valence-electron chi connectivity index (χ0n) is 8.63. The minimum Gasteiger partial charge on any atom is -0.484 e. The maximum atomic E-state index is 11.2. The molecule has 0 spiro atoms. The maximum Gasteiger partial charge on any atom is 0.257 e. The fourth-order valence-corrected chi connectivity index (χ4v) is 1.54. The first-order valence-electron chi connectivity index (χ1n) is 4.87. The van der Waals surface area contributed by atoms with Gasteiger partial charge in [0, 0.05) is 10.1 Å². The number of ether oxygens (including phenoxy) is 1. The van der Waals surface area contributed by atoms with E-state index in [1.165, 1.54) is 0 Å². The molecular weight excluding hydrogens is 305 g/mol. The molecule has 0 aromatic heterocycles. The van der Waals surface area contributed by atoms with E-state index in [-0.39, 0.29) is 12.5 Å². The predicted octanol–water partition coefficient (Wildman–Crippen LogP) is 2.20. The van der Waals surface area contributed by atoms with Crippen molar-refractivity contribution in [3.05, 3.63) is 27.8 Å². The van der Waals surface area contributed by atoms with Crippen molar-refractivity contribution >= 4 is 28.5 Å². The molecular formula is C11H14INO2. The van der Waals surface area contributed by atoms with E-state index in [0.717, 1.165) is 15.7 Å². The number of rotatable bonds is 5. The molecule has 0 radical (unpaired) electrons. The third-order valence-electron chi connectivity index (χ3n) is 1.74. The number of hydrogen-bond donors (Lipinski definition) is 1. The van der Waals surface area contributed by atoms with Crippen molar-refractivity contribution in [2.75, 3.05) is 13.2 Å². The van der Waals surface area contributed by atoms with Crippen LogP contribution >= 0.6 is 22.6 Å². The quantitative estimate of drug-likeness (QED) is 0.845. The Morgan fingerprint density at radius 3 is 3.00 bits per heavy atom. The van der Waals surface area contributed by atoms with Crippen molar-refractivity contribution < 1.29 is 9.53 Å². The molecule has 0 aliphatic rings. The molecule has 0 saturated heterocycles. The van der Waals surface area contributed by atoms with E-state index in [1.807, 2.05) is 31.2 Å². The van der Waals surface area contributed by atoms with E-state index < -0.39 is 0 Å². The minimum absolute atomic E-state index is 0.0734. The summed E-state index contributed by atoms with van der Waals surface area (Å²) < 4.78 is 6.43. The average molecular weight is 319 g/mol. The van der Waals surface area contributed by atoms with Crippen LogP contribution in [0.4, 0.5) is 0 Å². The van der Waals surface area contributed by atoms with Gasteiger partial charge in [0.05, 0.1) is 0 Å². The second-order valence-electron chi connectivity index (χ2n) is 3.10. The van der Waals surface area contributed by atoms with E-state index in [4.69, 9.17) is 4.74 Å². The highest BCUT2D eigenvalue weighted by Crippen LogP contribution is 2.14. The molecule has 0 aliphatic carbocycles. The normalized spacial score (nSPS) is 9.73. The van der Waals surface area contributed by atoms with Gasteiger partial charge in [0.2, 0.25) is 0 Å². The molecule has 1 aromatic carbocycles. The molecule has 1 amide bonds. The SMILES string of the molecule is CCCNC(=O)COc1cccc(I)c1. The van der Waals surface area contributed by atoms with Crippen LogP contribution in [0, 0.1) is 3.57 Å². The van der Waals surface area contributed by atoms with E-state index in [1.54, 1.807) is 0 Å². The summed E-state index contributed by atoms with van der Waals surface area (Å²) in [7, 11) is 0. The van der Waals surface area contributed by atoms with Crippen LogP contribution < -0.4 is 10.1 Å². The standard InChI is InChI=1S/C11H14INO2/c1-2-6-13-11(14)8-15-10-5-3-4-9(12)7-10/h3-5,7H,2,6,8H2,1H3,(H,13,14). The van der Waals surface area contributed by atoms with Crippen molar-refractivity contribution in [2.45, 2.75) is 13.3 Å². The van der Waals surface area contributed by atoms with Gasteiger partial charge in [-0.1, -0.05) is 13.0 Å². The lowest BCUT2D eigenvalue weighted by atomic mass is 10.3. The van der Waals surface area contributed by atoms with Gasteiger partial charge in [-0.2, -0.15) is 0 Å². The summed E-state index contributed by atoms with van der Waals surface area (Å²) >= 11 is 2.20. The van der Waals surface area contributed by atoms with Crippen LogP contribution in [0.15, 0.2) is 24.3 Å². The zero-order valence-corrected chi connectivity index (χ0v) is 10.8. The summed E-state index contributed by atoms with van der Waals surface area (Å²) in [6, 6.07) is 7.62. The molecule has 0 bridgehead atoms. The number of carbonyl (C=O) groups excluding carboxylic acids is 1. The molecule has 3 nitrogen and oxygen atoms in total. The van der Waals surface area contributed by atoms with Crippen LogP contribution in [0.5, 0.6) is 5.75 Å². The Labute approximate surface area is 103 Å². The molecule has 1 rings (SSSR count). The summed E-state index contributed by atoms with van der Waals surface area (Å²) in [4.78, 5) is 11.2. The van der Waals surface area contributed by atoms with E-state index in [9.17, 15) is 4.79 Å². The summed E-state index contributed by atoms with van der Waals surface area (Å²) in [6.07, 6.45) is 0.939. The van der Waals surface area contributed by atoms with Gasteiger partial charge >= 0.3 is 0 Å². The molecule has 0 fully saturated rings. The average Bonchev–Trinajstić information content (AvgIpc) is 2.23. The Hall–Kier alpha value is -0.780. The third kappa shape index (κ3) is 5.01. The molecule has 15 heavy (non-hydrogen) atoms. The lowest BCUT2D eigenvalue weighted by molar-refractivity contribution is -0.123. The number of halogens is 1. The predicted molar refractivity (Wildman–Crippen MR) is 68.0 cm³/mol. The Morgan fingerprint density at radius 2 is 2.33 bits per heavy atom. The minimum atomic E-state index is -0.0734. The van der Waals surface area contributed by atoms with Crippen LogP contribution in [0.3, 0.4) is 0 Å². The van der Waals surface area contributed by atoms with E-state index >= 15 is 0 Å². The summed E-state index contributed by atoms with van der Waals surface area (Å²) in [5, 5.41) is 2.75. The summed E-state index contributed by atoms with van der Waals surface area (Å²) in [5.74, 6) is 0.657. The van der Waals surface area contributed by atoms with E-state index in [2.05, 4.69) is 27.9 Å². The number of benzene rings is 1. The molecule has 4 heteroatoms. The lowest BCUT2D eigenvalue weighted by Crippen LogP contribution is -2.29. The first-order chi connectivity index (χ1) is 7.22. The van der Waals surface area contributed by atoms with Crippen molar-refractivity contribution in [2.24, 2.45) is 0 Å². The Balaban J connectivity index is 2.33. The van der Waals surface area contributed by atoms with Crippen LogP contribution in [-0.4, -0.2) is 19.1 Å². The number of amides is 1. The molecule has 1 N–H and O–H groups in total. The van der Waals surface area contributed by atoms with Crippen molar-refractivity contribution in [1.82, 2.24) is 5.32 Å². The van der Waals surface area contributed by atoms with Crippen LogP contribution in [0.25, 0.3) is 0 Å². The molecule has 0 saturated carbocycles. The van der Waals surface area contributed by atoms with Gasteiger partial charge < -0.3 is 10.1 Å². The topological polar surface area (TPSA) is 38.3 Å². The molecule has 1 aromatic rings. The Bertz CT molecular complexity index is 328. The molecule has 82 valence electrons.